The molecular weight excluding hydrogens is 180 g/mol. The van der Waals surface area contributed by atoms with Crippen molar-refractivity contribution in [3.63, 3.8) is 0 Å². The number of nitrogens with zero attached hydrogens (tertiary/aromatic N) is 2. The Bertz CT molecular complexity index is 229. The Morgan fingerprint density at radius 3 is 2.64 bits per heavy atom. The van der Waals surface area contributed by atoms with E-state index in [1.54, 1.807) is 0 Å². The molecular formula is C10H16N2O2. The number of hydrogen-bond acceptors (Lipinski definition) is 3. The second-order valence-corrected chi connectivity index (χ2v) is 3.74. The highest BCUT2D eigenvalue weighted by atomic mass is 16.4. The van der Waals surface area contributed by atoms with Gasteiger partial charge in [-0.05, 0) is 32.4 Å². The number of likely N-dealkylation sites (tertiary alicyclic amines) is 1. The van der Waals surface area contributed by atoms with E-state index in [0.717, 1.165) is 13.1 Å². The van der Waals surface area contributed by atoms with Gasteiger partial charge in [0.15, 0.2) is 0 Å². The molecule has 1 heterocycles. The third-order valence-electron chi connectivity index (χ3n) is 2.63. The van der Waals surface area contributed by atoms with E-state index in [0.29, 0.717) is 19.4 Å². The molecule has 1 fully saturated rings. The zero-order valence-electron chi connectivity index (χ0n) is 8.28. The Hall–Kier alpha value is -1.08. The van der Waals surface area contributed by atoms with E-state index < -0.39 is 5.97 Å². The average Bonchev–Trinajstić information content (AvgIpc) is 2.64. The van der Waals surface area contributed by atoms with Crippen LogP contribution < -0.4 is 0 Å². The second-order valence-electron chi connectivity index (χ2n) is 3.74. The molecule has 1 atom stereocenters. The zero-order chi connectivity index (χ0) is 10.4. The molecule has 0 aliphatic carbocycles. The average molecular weight is 196 g/mol. The minimum Gasteiger partial charge on any atom is -0.481 e. The topological polar surface area (TPSA) is 64.3 Å². The summed E-state index contributed by atoms with van der Waals surface area (Å²) in [4.78, 5) is 13.0. The van der Waals surface area contributed by atoms with Crippen molar-refractivity contribution in [1.82, 2.24) is 4.90 Å². The Labute approximate surface area is 84.1 Å². The molecule has 0 spiro atoms. The van der Waals surface area contributed by atoms with Gasteiger partial charge in [0.25, 0.3) is 0 Å². The van der Waals surface area contributed by atoms with Crippen LogP contribution in [0.4, 0.5) is 0 Å². The molecule has 14 heavy (non-hydrogen) atoms. The van der Waals surface area contributed by atoms with Gasteiger partial charge in [0.2, 0.25) is 0 Å². The fraction of sp³-hybridized carbons (Fsp3) is 0.800. The Kier molecular flexibility index (Phi) is 4.41. The first-order valence-corrected chi connectivity index (χ1v) is 5.06. The molecule has 0 aromatic carbocycles. The molecule has 1 saturated heterocycles. The van der Waals surface area contributed by atoms with Crippen LogP contribution in [-0.4, -0.2) is 35.6 Å². The second kappa shape index (κ2) is 5.61. The van der Waals surface area contributed by atoms with Crippen LogP contribution >= 0.6 is 0 Å². The van der Waals surface area contributed by atoms with Gasteiger partial charge >= 0.3 is 5.97 Å². The van der Waals surface area contributed by atoms with Crippen molar-refractivity contribution < 1.29 is 9.90 Å². The maximum Gasteiger partial charge on any atom is 0.307 e. The standard InChI is InChI=1S/C10H16N2O2/c11-5-3-4-9(10(13)14)8-12-6-1-2-7-12/h9H,1-4,6-8H2,(H,13,14). The van der Waals surface area contributed by atoms with Crippen molar-refractivity contribution in [2.24, 2.45) is 5.92 Å². The van der Waals surface area contributed by atoms with Gasteiger partial charge < -0.3 is 10.0 Å². The highest BCUT2D eigenvalue weighted by molar-refractivity contribution is 5.70. The van der Waals surface area contributed by atoms with E-state index in [-0.39, 0.29) is 5.92 Å². The van der Waals surface area contributed by atoms with Gasteiger partial charge in [-0.25, -0.2) is 0 Å². The van der Waals surface area contributed by atoms with Crippen molar-refractivity contribution in [1.29, 1.82) is 5.26 Å². The van der Waals surface area contributed by atoms with Crippen LogP contribution in [0, 0.1) is 17.2 Å². The van der Waals surface area contributed by atoms with Crippen LogP contribution in [0.25, 0.3) is 0 Å². The highest BCUT2D eigenvalue weighted by Gasteiger charge is 2.22. The molecule has 0 amide bonds. The van der Waals surface area contributed by atoms with Crippen LogP contribution in [0.1, 0.15) is 25.7 Å². The molecule has 1 aliphatic rings. The van der Waals surface area contributed by atoms with E-state index in [2.05, 4.69) is 4.90 Å². The summed E-state index contributed by atoms with van der Waals surface area (Å²) < 4.78 is 0. The molecule has 0 bridgehead atoms. The summed E-state index contributed by atoms with van der Waals surface area (Å²) in [5.41, 5.74) is 0. The van der Waals surface area contributed by atoms with E-state index in [9.17, 15) is 4.79 Å². The summed E-state index contributed by atoms with van der Waals surface area (Å²) in [6.45, 7) is 2.63. The fourth-order valence-electron chi connectivity index (χ4n) is 1.81. The van der Waals surface area contributed by atoms with Crippen molar-refractivity contribution in [3.05, 3.63) is 0 Å². The minimum atomic E-state index is -0.771. The molecule has 4 nitrogen and oxygen atoms in total. The highest BCUT2D eigenvalue weighted by Crippen LogP contribution is 2.14. The predicted molar refractivity (Wildman–Crippen MR) is 51.6 cm³/mol. The van der Waals surface area contributed by atoms with Crippen LogP contribution in [0.2, 0.25) is 0 Å². The van der Waals surface area contributed by atoms with Crippen molar-refractivity contribution in [2.75, 3.05) is 19.6 Å². The molecule has 1 N–H and O–H groups in total. The number of nitriles is 1. The van der Waals surface area contributed by atoms with Gasteiger partial charge in [-0.1, -0.05) is 0 Å². The number of carbonyl (C=O) groups is 1. The molecule has 0 aromatic heterocycles. The smallest absolute Gasteiger partial charge is 0.307 e. The maximum absolute atomic E-state index is 10.9. The van der Waals surface area contributed by atoms with Crippen LogP contribution in [-0.2, 0) is 4.79 Å². The number of hydrogen-bond donors (Lipinski definition) is 1. The molecule has 1 unspecified atom stereocenters. The van der Waals surface area contributed by atoms with E-state index in [1.165, 1.54) is 12.8 Å². The number of carboxylic acids is 1. The number of rotatable bonds is 5. The Balaban J connectivity index is 2.34. The zero-order valence-corrected chi connectivity index (χ0v) is 8.28. The molecule has 1 rings (SSSR count). The van der Waals surface area contributed by atoms with Crippen molar-refractivity contribution >= 4 is 5.97 Å². The lowest BCUT2D eigenvalue weighted by Crippen LogP contribution is -2.31. The molecule has 4 heteroatoms. The summed E-state index contributed by atoms with van der Waals surface area (Å²) in [6.07, 6.45) is 3.16. The summed E-state index contributed by atoms with van der Waals surface area (Å²) in [6, 6.07) is 2.00. The Morgan fingerprint density at radius 1 is 1.50 bits per heavy atom. The van der Waals surface area contributed by atoms with Gasteiger partial charge in [-0.2, -0.15) is 5.26 Å². The molecule has 0 aromatic rings. The normalized spacial score (nSPS) is 19.1. The van der Waals surface area contributed by atoms with E-state index >= 15 is 0 Å². The van der Waals surface area contributed by atoms with Gasteiger partial charge in [0.05, 0.1) is 12.0 Å². The Morgan fingerprint density at radius 2 is 2.14 bits per heavy atom. The lowest BCUT2D eigenvalue weighted by Gasteiger charge is -2.19. The van der Waals surface area contributed by atoms with E-state index in [4.69, 9.17) is 10.4 Å². The monoisotopic (exact) mass is 196 g/mol. The third-order valence-corrected chi connectivity index (χ3v) is 2.63. The van der Waals surface area contributed by atoms with E-state index in [1.807, 2.05) is 6.07 Å². The first-order valence-electron chi connectivity index (χ1n) is 5.06. The summed E-state index contributed by atoms with van der Waals surface area (Å²) in [7, 11) is 0. The summed E-state index contributed by atoms with van der Waals surface area (Å²) >= 11 is 0. The minimum absolute atomic E-state index is 0.338. The number of carboxylic acid groups (broad SMARTS) is 1. The molecule has 0 saturated carbocycles. The molecule has 1 aliphatic heterocycles. The largest absolute Gasteiger partial charge is 0.481 e. The predicted octanol–water partition coefficient (Wildman–Crippen LogP) is 1.09. The van der Waals surface area contributed by atoms with Crippen LogP contribution in [0.5, 0.6) is 0 Å². The lowest BCUT2D eigenvalue weighted by atomic mass is 10.0. The quantitative estimate of drug-likeness (QED) is 0.714. The summed E-state index contributed by atoms with van der Waals surface area (Å²) in [5.74, 6) is -1.14. The third kappa shape index (κ3) is 3.35. The van der Waals surface area contributed by atoms with Crippen LogP contribution in [0.3, 0.4) is 0 Å². The van der Waals surface area contributed by atoms with Gasteiger partial charge in [0, 0.05) is 13.0 Å². The van der Waals surface area contributed by atoms with Crippen molar-refractivity contribution in [3.8, 4) is 6.07 Å². The lowest BCUT2D eigenvalue weighted by molar-refractivity contribution is -0.142. The summed E-state index contributed by atoms with van der Waals surface area (Å²) in [5, 5.41) is 17.3. The van der Waals surface area contributed by atoms with Crippen LogP contribution in [0.15, 0.2) is 0 Å². The van der Waals surface area contributed by atoms with Gasteiger partial charge in [-0.15, -0.1) is 0 Å². The maximum atomic E-state index is 10.9. The van der Waals surface area contributed by atoms with Crippen molar-refractivity contribution in [2.45, 2.75) is 25.7 Å². The SMILES string of the molecule is N#CCCC(CN1CCCC1)C(=O)O. The van der Waals surface area contributed by atoms with Gasteiger partial charge in [-0.3, -0.25) is 4.79 Å². The fourth-order valence-corrected chi connectivity index (χ4v) is 1.81. The first kappa shape index (κ1) is 11.0. The molecule has 0 radical (unpaired) electrons. The first-order chi connectivity index (χ1) is 6.74. The number of aliphatic carboxylic acids is 1. The molecule has 78 valence electrons. The van der Waals surface area contributed by atoms with Gasteiger partial charge in [0.1, 0.15) is 0 Å².